The highest BCUT2D eigenvalue weighted by molar-refractivity contribution is 6.00. The van der Waals surface area contributed by atoms with Gasteiger partial charge in [-0.2, -0.15) is 0 Å². The molecule has 29 heavy (non-hydrogen) atoms. The molecule has 0 unspecified atom stereocenters. The van der Waals surface area contributed by atoms with E-state index in [2.05, 4.69) is 0 Å². The second-order valence-corrected chi connectivity index (χ2v) is 7.59. The molecule has 0 aliphatic rings. The van der Waals surface area contributed by atoms with E-state index in [1.54, 1.807) is 20.8 Å². The SMILES string of the molecule is CC/C(=C(\C(=O)OC)N(Cc1ccccc1)C(=O)OC(C)(C)C)c1ccccc1. The molecule has 0 radical (unpaired) electrons. The van der Waals surface area contributed by atoms with Crippen LogP contribution in [0.15, 0.2) is 66.4 Å². The average molecular weight is 395 g/mol. The van der Waals surface area contributed by atoms with E-state index in [0.29, 0.717) is 6.42 Å². The number of hydrogen-bond acceptors (Lipinski definition) is 4. The molecule has 0 atom stereocenters. The summed E-state index contributed by atoms with van der Waals surface area (Å²) in [4.78, 5) is 27.4. The summed E-state index contributed by atoms with van der Waals surface area (Å²) in [6, 6.07) is 19.0. The average Bonchev–Trinajstić information content (AvgIpc) is 2.70. The van der Waals surface area contributed by atoms with Crippen LogP contribution in [0.3, 0.4) is 0 Å². The molecule has 5 heteroatoms. The number of carbonyl (C=O) groups is 2. The second-order valence-electron chi connectivity index (χ2n) is 7.59. The van der Waals surface area contributed by atoms with Gasteiger partial charge in [-0.15, -0.1) is 0 Å². The van der Waals surface area contributed by atoms with Crippen LogP contribution in [0.25, 0.3) is 5.57 Å². The van der Waals surface area contributed by atoms with E-state index >= 15 is 0 Å². The first-order chi connectivity index (χ1) is 13.8. The van der Waals surface area contributed by atoms with E-state index in [1.807, 2.05) is 67.6 Å². The van der Waals surface area contributed by atoms with Gasteiger partial charge in [-0.1, -0.05) is 67.6 Å². The number of ether oxygens (including phenoxy) is 2. The number of nitrogens with zero attached hydrogens (tertiary/aromatic N) is 1. The smallest absolute Gasteiger partial charge is 0.415 e. The third kappa shape index (κ3) is 6.21. The molecule has 0 bridgehead atoms. The molecule has 0 saturated heterocycles. The minimum absolute atomic E-state index is 0.191. The molecule has 0 N–H and O–H groups in total. The van der Waals surface area contributed by atoms with Crippen LogP contribution in [0.1, 0.15) is 45.2 Å². The van der Waals surface area contributed by atoms with Crippen molar-refractivity contribution < 1.29 is 19.1 Å². The van der Waals surface area contributed by atoms with Crippen molar-refractivity contribution in [1.29, 1.82) is 0 Å². The van der Waals surface area contributed by atoms with Crippen molar-refractivity contribution in [3.63, 3.8) is 0 Å². The van der Waals surface area contributed by atoms with Crippen LogP contribution in [0.4, 0.5) is 4.79 Å². The van der Waals surface area contributed by atoms with Crippen molar-refractivity contribution in [3.8, 4) is 0 Å². The second kappa shape index (κ2) is 9.92. The fraction of sp³-hybridized carbons (Fsp3) is 0.333. The third-order valence-electron chi connectivity index (χ3n) is 4.21. The van der Waals surface area contributed by atoms with Gasteiger partial charge in [0.15, 0.2) is 0 Å². The maximum atomic E-state index is 13.1. The van der Waals surface area contributed by atoms with Crippen molar-refractivity contribution in [2.75, 3.05) is 7.11 Å². The van der Waals surface area contributed by atoms with Crippen LogP contribution in [0.5, 0.6) is 0 Å². The van der Waals surface area contributed by atoms with Crippen LogP contribution in [0.2, 0.25) is 0 Å². The Morgan fingerprint density at radius 3 is 1.97 bits per heavy atom. The Morgan fingerprint density at radius 1 is 0.931 bits per heavy atom. The van der Waals surface area contributed by atoms with Crippen molar-refractivity contribution in [2.45, 2.75) is 46.3 Å². The molecule has 0 aliphatic heterocycles. The summed E-state index contributed by atoms with van der Waals surface area (Å²) in [6.07, 6.45) is -0.0497. The molecule has 5 nitrogen and oxygen atoms in total. The molecule has 154 valence electrons. The summed E-state index contributed by atoms with van der Waals surface area (Å²) < 4.78 is 10.7. The van der Waals surface area contributed by atoms with Gasteiger partial charge in [-0.25, -0.2) is 9.59 Å². The summed E-state index contributed by atoms with van der Waals surface area (Å²) in [7, 11) is 1.32. The maximum absolute atomic E-state index is 13.1. The van der Waals surface area contributed by atoms with Gasteiger partial charge in [0, 0.05) is 0 Å². The number of benzene rings is 2. The Balaban J connectivity index is 2.64. The Kier molecular flexibility index (Phi) is 7.59. The van der Waals surface area contributed by atoms with E-state index in [4.69, 9.17) is 9.47 Å². The van der Waals surface area contributed by atoms with Crippen LogP contribution in [0, 0.1) is 0 Å². The van der Waals surface area contributed by atoms with Crippen molar-refractivity contribution in [3.05, 3.63) is 77.5 Å². The first-order valence-electron chi connectivity index (χ1n) is 9.68. The highest BCUT2D eigenvalue weighted by Gasteiger charge is 2.31. The zero-order chi connectivity index (χ0) is 21.4. The Bertz CT molecular complexity index is 851. The van der Waals surface area contributed by atoms with E-state index in [0.717, 1.165) is 16.7 Å². The Hall–Kier alpha value is -3.08. The number of allylic oxidation sites excluding steroid dienone is 1. The van der Waals surface area contributed by atoms with Crippen LogP contribution in [-0.2, 0) is 20.8 Å². The summed E-state index contributed by atoms with van der Waals surface area (Å²) in [5.41, 5.74) is 1.95. The van der Waals surface area contributed by atoms with Crippen molar-refractivity contribution in [2.24, 2.45) is 0 Å². The summed E-state index contributed by atoms with van der Waals surface area (Å²) >= 11 is 0. The van der Waals surface area contributed by atoms with Gasteiger partial charge in [0.25, 0.3) is 0 Å². The van der Waals surface area contributed by atoms with Crippen molar-refractivity contribution in [1.82, 2.24) is 4.90 Å². The molecule has 0 saturated carbocycles. The topological polar surface area (TPSA) is 55.8 Å². The molecule has 0 heterocycles. The molecule has 0 aliphatic carbocycles. The minimum Gasteiger partial charge on any atom is -0.464 e. The summed E-state index contributed by atoms with van der Waals surface area (Å²) in [5, 5.41) is 0. The first-order valence-corrected chi connectivity index (χ1v) is 9.68. The molecular weight excluding hydrogens is 366 g/mol. The number of esters is 1. The zero-order valence-electron chi connectivity index (χ0n) is 17.8. The lowest BCUT2D eigenvalue weighted by atomic mass is 10.00. The standard InChI is InChI=1S/C24H29NO4/c1-6-20(19-15-11-8-12-16-19)21(22(26)28-5)25(23(27)29-24(2,3)4)17-18-13-9-7-10-14-18/h7-16H,6,17H2,1-5H3/b21-20-. The van der Waals surface area contributed by atoms with Gasteiger partial charge in [0.2, 0.25) is 0 Å². The van der Waals surface area contributed by atoms with Crippen LogP contribution >= 0.6 is 0 Å². The normalized spacial score (nSPS) is 12.0. The summed E-state index contributed by atoms with van der Waals surface area (Å²) in [6.45, 7) is 7.53. The van der Waals surface area contributed by atoms with Gasteiger partial charge < -0.3 is 9.47 Å². The van der Waals surface area contributed by atoms with Crippen LogP contribution in [-0.4, -0.2) is 29.7 Å². The molecule has 0 aromatic heterocycles. The number of methoxy groups -OCH3 is 1. The molecule has 0 spiro atoms. The van der Waals surface area contributed by atoms with Gasteiger partial charge in [0.1, 0.15) is 11.3 Å². The van der Waals surface area contributed by atoms with Gasteiger partial charge in [-0.05, 0) is 43.9 Å². The quantitative estimate of drug-likeness (QED) is 0.484. The molecule has 1 amide bonds. The van der Waals surface area contributed by atoms with E-state index < -0.39 is 17.7 Å². The number of carbonyl (C=O) groups excluding carboxylic acids is 2. The van der Waals surface area contributed by atoms with Crippen molar-refractivity contribution >= 4 is 17.6 Å². The highest BCUT2D eigenvalue weighted by atomic mass is 16.6. The molecule has 0 fully saturated rings. The van der Waals surface area contributed by atoms with E-state index in [1.165, 1.54) is 12.0 Å². The van der Waals surface area contributed by atoms with E-state index in [9.17, 15) is 9.59 Å². The van der Waals surface area contributed by atoms with Gasteiger partial charge >= 0.3 is 12.1 Å². The third-order valence-corrected chi connectivity index (χ3v) is 4.21. The fourth-order valence-electron chi connectivity index (χ4n) is 2.96. The largest absolute Gasteiger partial charge is 0.464 e. The Labute approximate surface area is 172 Å². The molecule has 2 rings (SSSR count). The van der Waals surface area contributed by atoms with Crippen LogP contribution < -0.4 is 0 Å². The maximum Gasteiger partial charge on any atom is 0.415 e. The molecular formula is C24H29NO4. The highest BCUT2D eigenvalue weighted by Crippen LogP contribution is 2.28. The monoisotopic (exact) mass is 395 g/mol. The number of amides is 1. The predicted molar refractivity (Wildman–Crippen MR) is 114 cm³/mol. The number of rotatable bonds is 6. The van der Waals surface area contributed by atoms with Gasteiger partial charge in [-0.3, -0.25) is 4.90 Å². The van der Waals surface area contributed by atoms with E-state index in [-0.39, 0.29) is 12.2 Å². The number of hydrogen-bond donors (Lipinski definition) is 0. The van der Waals surface area contributed by atoms with Gasteiger partial charge in [0.05, 0.1) is 13.7 Å². The minimum atomic E-state index is -0.702. The Morgan fingerprint density at radius 2 is 1.48 bits per heavy atom. The summed E-state index contributed by atoms with van der Waals surface area (Å²) in [5.74, 6) is -0.576. The zero-order valence-corrected chi connectivity index (χ0v) is 17.8. The fourth-order valence-corrected chi connectivity index (χ4v) is 2.96. The predicted octanol–water partition coefficient (Wildman–Crippen LogP) is 5.42. The molecule has 2 aromatic carbocycles. The lowest BCUT2D eigenvalue weighted by Crippen LogP contribution is -2.39. The lowest BCUT2D eigenvalue weighted by Gasteiger charge is -2.29. The molecule has 2 aromatic rings. The first kappa shape index (κ1) is 22.2. The lowest BCUT2D eigenvalue weighted by molar-refractivity contribution is -0.138.